The molecule has 0 saturated heterocycles. The standard InChI is InChI=1S/C12H16N4O3/c1-13-12(18)11-15-10(19-16-11)7-14-9(17)6-8-4-2-3-5-8/h2,4,8H,3,5-7H2,1H3,(H,13,18)(H,14,17)/t8-/m1/s1. The van der Waals surface area contributed by atoms with Crippen LogP contribution in [0.3, 0.4) is 0 Å². The highest BCUT2D eigenvalue weighted by atomic mass is 16.5. The van der Waals surface area contributed by atoms with E-state index in [0.29, 0.717) is 12.3 Å². The fourth-order valence-corrected chi connectivity index (χ4v) is 1.88. The van der Waals surface area contributed by atoms with Crippen molar-refractivity contribution in [2.45, 2.75) is 25.8 Å². The van der Waals surface area contributed by atoms with Crippen molar-refractivity contribution in [1.29, 1.82) is 0 Å². The third-order valence-corrected chi connectivity index (χ3v) is 2.89. The Balaban J connectivity index is 1.78. The van der Waals surface area contributed by atoms with E-state index >= 15 is 0 Å². The van der Waals surface area contributed by atoms with Gasteiger partial charge in [-0.25, -0.2) is 0 Å². The molecule has 0 fully saturated rings. The van der Waals surface area contributed by atoms with Crippen molar-refractivity contribution in [2.24, 2.45) is 5.92 Å². The van der Waals surface area contributed by atoms with Crippen LogP contribution in [0.25, 0.3) is 0 Å². The van der Waals surface area contributed by atoms with Gasteiger partial charge in [0.25, 0.3) is 11.7 Å². The molecule has 7 heteroatoms. The third kappa shape index (κ3) is 3.64. The van der Waals surface area contributed by atoms with E-state index < -0.39 is 5.91 Å². The van der Waals surface area contributed by atoms with Crippen LogP contribution in [0.5, 0.6) is 0 Å². The van der Waals surface area contributed by atoms with Crippen LogP contribution in [-0.4, -0.2) is 29.0 Å². The number of nitrogens with zero attached hydrogens (tertiary/aromatic N) is 2. The number of hydrogen-bond acceptors (Lipinski definition) is 5. The normalized spacial score (nSPS) is 17.4. The molecule has 2 N–H and O–H groups in total. The zero-order valence-electron chi connectivity index (χ0n) is 10.7. The topological polar surface area (TPSA) is 97.1 Å². The minimum Gasteiger partial charge on any atom is -0.352 e. The highest BCUT2D eigenvalue weighted by Crippen LogP contribution is 2.19. The molecule has 0 saturated carbocycles. The Bertz CT molecular complexity index is 495. The summed E-state index contributed by atoms with van der Waals surface area (Å²) in [6.45, 7) is 0.138. The molecule has 1 aliphatic carbocycles. The monoisotopic (exact) mass is 264 g/mol. The lowest BCUT2D eigenvalue weighted by Crippen LogP contribution is -2.24. The number of nitrogens with one attached hydrogen (secondary N) is 2. The Kier molecular flexibility index (Phi) is 4.27. The van der Waals surface area contributed by atoms with E-state index in [0.717, 1.165) is 12.8 Å². The first kappa shape index (κ1) is 13.3. The van der Waals surface area contributed by atoms with E-state index in [4.69, 9.17) is 4.52 Å². The van der Waals surface area contributed by atoms with Crippen molar-refractivity contribution >= 4 is 11.8 Å². The summed E-state index contributed by atoms with van der Waals surface area (Å²) in [5, 5.41) is 8.59. The highest BCUT2D eigenvalue weighted by molar-refractivity contribution is 5.89. The first-order chi connectivity index (χ1) is 9.19. The molecular formula is C12H16N4O3. The molecule has 2 amide bonds. The van der Waals surface area contributed by atoms with Crippen molar-refractivity contribution in [3.8, 4) is 0 Å². The van der Waals surface area contributed by atoms with Gasteiger partial charge in [0.05, 0.1) is 6.54 Å². The molecule has 7 nitrogen and oxygen atoms in total. The summed E-state index contributed by atoms with van der Waals surface area (Å²) in [6, 6.07) is 0. The van der Waals surface area contributed by atoms with Crippen molar-refractivity contribution < 1.29 is 14.1 Å². The molecule has 0 radical (unpaired) electrons. The summed E-state index contributed by atoms with van der Waals surface area (Å²) in [5.74, 6) is 0.0252. The smallest absolute Gasteiger partial charge is 0.292 e. The van der Waals surface area contributed by atoms with Gasteiger partial charge in [-0.05, 0) is 18.8 Å². The van der Waals surface area contributed by atoms with E-state index in [1.165, 1.54) is 7.05 Å². The van der Waals surface area contributed by atoms with E-state index in [-0.39, 0.29) is 24.2 Å². The number of carbonyl (C=O) groups is 2. The summed E-state index contributed by atoms with van der Waals surface area (Å²) in [6.07, 6.45) is 6.68. The number of rotatable bonds is 5. The summed E-state index contributed by atoms with van der Waals surface area (Å²) >= 11 is 0. The molecule has 0 aliphatic heterocycles. The first-order valence-corrected chi connectivity index (χ1v) is 6.17. The lowest BCUT2D eigenvalue weighted by molar-refractivity contribution is -0.122. The predicted molar refractivity (Wildman–Crippen MR) is 66.0 cm³/mol. The fourth-order valence-electron chi connectivity index (χ4n) is 1.88. The quantitative estimate of drug-likeness (QED) is 0.750. The van der Waals surface area contributed by atoms with Crippen LogP contribution >= 0.6 is 0 Å². The van der Waals surface area contributed by atoms with E-state index in [1.54, 1.807) is 0 Å². The Morgan fingerprint density at radius 1 is 1.53 bits per heavy atom. The van der Waals surface area contributed by atoms with Gasteiger partial charge in [-0.15, -0.1) is 0 Å². The Hall–Kier alpha value is -2.18. The number of carbonyl (C=O) groups excluding carboxylic acids is 2. The van der Waals surface area contributed by atoms with E-state index in [2.05, 4.69) is 32.9 Å². The third-order valence-electron chi connectivity index (χ3n) is 2.89. The molecule has 2 rings (SSSR count). The lowest BCUT2D eigenvalue weighted by atomic mass is 10.1. The van der Waals surface area contributed by atoms with E-state index in [9.17, 15) is 9.59 Å². The minimum absolute atomic E-state index is 0.0366. The Morgan fingerprint density at radius 2 is 2.37 bits per heavy atom. The number of allylic oxidation sites excluding steroid dienone is 2. The molecule has 19 heavy (non-hydrogen) atoms. The van der Waals surface area contributed by atoms with Crippen LogP contribution in [0.4, 0.5) is 0 Å². The molecule has 0 unspecified atom stereocenters. The van der Waals surface area contributed by atoms with Crippen molar-refractivity contribution in [3.05, 3.63) is 23.9 Å². The second-order valence-electron chi connectivity index (χ2n) is 4.34. The van der Waals surface area contributed by atoms with Gasteiger partial charge in [-0.2, -0.15) is 4.98 Å². The zero-order valence-corrected chi connectivity index (χ0v) is 10.7. The molecule has 1 aromatic rings. The van der Waals surface area contributed by atoms with Gasteiger partial charge in [0.1, 0.15) is 0 Å². The summed E-state index contributed by atoms with van der Waals surface area (Å²) in [4.78, 5) is 26.7. The van der Waals surface area contributed by atoms with E-state index in [1.807, 2.05) is 0 Å². The largest absolute Gasteiger partial charge is 0.352 e. The molecule has 1 aromatic heterocycles. The molecule has 102 valence electrons. The second kappa shape index (κ2) is 6.12. The highest BCUT2D eigenvalue weighted by Gasteiger charge is 2.16. The van der Waals surface area contributed by atoms with Crippen LogP contribution < -0.4 is 10.6 Å². The maximum Gasteiger partial charge on any atom is 0.292 e. The molecule has 0 aromatic carbocycles. The fraction of sp³-hybridized carbons (Fsp3) is 0.500. The maximum absolute atomic E-state index is 11.7. The Labute approximate surface area is 110 Å². The average molecular weight is 264 g/mol. The first-order valence-electron chi connectivity index (χ1n) is 6.17. The maximum atomic E-state index is 11.7. The van der Waals surface area contributed by atoms with Crippen molar-refractivity contribution in [2.75, 3.05) is 7.05 Å². The molecule has 1 atom stereocenters. The van der Waals surface area contributed by atoms with Crippen LogP contribution in [0.1, 0.15) is 35.8 Å². The molecule has 1 aliphatic rings. The summed E-state index contributed by atoms with van der Waals surface area (Å²) < 4.78 is 4.86. The minimum atomic E-state index is -0.419. The van der Waals surface area contributed by atoms with Crippen molar-refractivity contribution in [1.82, 2.24) is 20.8 Å². The summed E-state index contributed by atoms with van der Waals surface area (Å²) in [5.41, 5.74) is 0. The number of hydrogen-bond donors (Lipinski definition) is 2. The number of amides is 2. The molecule has 1 heterocycles. The van der Waals surface area contributed by atoms with Gasteiger partial charge in [-0.1, -0.05) is 17.3 Å². The van der Waals surface area contributed by atoms with Crippen LogP contribution in [-0.2, 0) is 11.3 Å². The SMILES string of the molecule is CNC(=O)c1noc(CNC(=O)C[C@@H]2C=CCC2)n1. The van der Waals surface area contributed by atoms with Crippen LogP contribution in [0, 0.1) is 5.92 Å². The van der Waals surface area contributed by atoms with Gasteiger partial charge in [0.15, 0.2) is 0 Å². The molecule has 0 spiro atoms. The lowest BCUT2D eigenvalue weighted by Gasteiger charge is -2.06. The zero-order chi connectivity index (χ0) is 13.7. The summed E-state index contributed by atoms with van der Waals surface area (Å²) in [7, 11) is 1.48. The van der Waals surface area contributed by atoms with Gasteiger partial charge in [0, 0.05) is 13.5 Å². The van der Waals surface area contributed by atoms with Gasteiger partial charge < -0.3 is 15.2 Å². The van der Waals surface area contributed by atoms with Crippen LogP contribution in [0.2, 0.25) is 0 Å². The van der Waals surface area contributed by atoms with Gasteiger partial charge in [0.2, 0.25) is 11.8 Å². The van der Waals surface area contributed by atoms with Crippen molar-refractivity contribution in [3.63, 3.8) is 0 Å². The predicted octanol–water partition coefficient (Wildman–Crippen LogP) is 0.402. The average Bonchev–Trinajstić information content (AvgIpc) is 3.06. The van der Waals surface area contributed by atoms with Crippen LogP contribution in [0.15, 0.2) is 16.7 Å². The second-order valence-corrected chi connectivity index (χ2v) is 4.34. The van der Waals surface area contributed by atoms with Gasteiger partial charge in [-0.3, -0.25) is 9.59 Å². The molecule has 0 bridgehead atoms. The number of aromatic nitrogens is 2. The van der Waals surface area contributed by atoms with Gasteiger partial charge >= 0.3 is 0 Å². The molecular weight excluding hydrogens is 248 g/mol. The Morgan fingerprint density at radius 3 is 3.05 bits per heavy atom.